The number of methoxy groups -OCH3 is 1. The first kappa shape index (κ1) is 13.5. The highest BCUT2D eigenvalue weighted by molar-refractivity contribution is 5.92. The Hall–Kier alpha value is -1.56. The molecule has 6 heteroatoms. The standard InChI is InChI=1S/C11H19N3O3/c1-11(2,12-3)5-6-13-10(15)8-7-9(16-4)17-14-8/h7,12H,5-6H2,1-4H3,(H,13,15). The molecular weight excluding hydrogens is 222 g/mol. The fourth-order valence-electron chi connectivity index (χ4n) is 1.17. The van der Waals surface area contributed by atoms with Crippen LogP contribution < -0.4 is 15.4 Å². The van der Waals surface area contributed by atoms with Crippen LogP contribution in [0.4, 0.5) is 0 Å². The lowest BCUT2D eigenvalue weighted by molar-refractivity contribution is 0.0941. The minimum absolute atomic E-state index is 0.00516. The molecule has 17 heavy (non-hydrogen) atoms. The van der Waals surface area contributed by atoms with E-state index in [0.29, 0.717) is 6.54 Å². The van der Waals surface area contributed by atoms with Crippen LogP contribution in [0.2, 0.25) is 0 Å². The van der Waals surface area contributed by atoms with E-state index in [4.69, 9.17) is 9.26 Å². The number of carbonyl (C=O) groups is 1. The van der Waals surface area contributed by atoms with Crippen molar-refractivity contribution in [2.24, 2.45) is 0 Å². The number of hydrogen-bond acceptors (Lipinski definition) is 5. The fourth-order valence-corrected chi connectivity index (χ4v) is 1.17. The zero-order valence-corrected chi connectivity index (χ0v) is 10.7. The van der Waals surface area contributed by atoms with Gasteiger partial charge in [0.2, 0.25) is 0 Å². The first-order valence-corrected chi connectivity index (χ1v) is 5.46. The predicted octanol–water partition coefficient (Wildman–Crippen LogP) is 0.801. The highest BCUT2D eigenvalue weighted by atomic mass is 16.6. The third-order valence-electron chi connectivity index (χ3n) is 2.63. The van der Waals surface area contributed by atoms with Gasteiger partial charge in [0.1, 0.15) is 0 Å². The third kappa shape index (κ3) is 4.07. The molecule has 0 radical (unpaired) electrons. The Morgan fingerprint density at radius 3 is 2.82 bits per heavy atom. The molecule has 0 aliphatic rings. The zero-order valence-electron chi connectivity index (χ0n) is 10.7. The highest BCUT2D eigenvalue weighted by Gasteiger charge is 2.16. The minimum atomic E-state index is -0.260. The van der Waals surface area contributed by atoms with Crippen molar-refractivity contribution in [1.29, 1.82) is 0 Å². The van der Waals surface area contributed by atoms with Gasteiger partial charge in [-0.3, -0.25) is 4.79 Å². The van der Waals surface area contributed by atoms with Crippen LogP contribution in [-0.2, 0) is 0 Å². The Labute approximate surface area is 101 Å². The second-order valence-corrected chi connectivity index (χ2v) is 4.38. The molecule has 1 rings (SSSR count). The maximum absolute atomic E-state index is 11.6. The molecule has 6 nitrogen and oxygen atoms in total. The number of carbonyl (C=O) groups excluding carboxylic acids is 1. The molecule has 1 amide bonds. The number of nitrogens with one attached hydrogen (secondary N) is 2. The average molecular weight is 241 g/mol. The van der Waals surface area contributed by atoms with Gasteiger partial charge in [-0.05, 0) is 27.3 Å². The molecule has 0 fully saturated rings. The summed E-state index contributed by atoms with van der Waals surface area (Å²) in [6.07, 6.45) is 0.824. The van der Waals surface area contributed by atoms with Crippen LogP contribution in [0.25, 0.3) is 0 Å². The second-order valence-electron chi connectivity index (χ2n) is 4.38. The van der Waals surface area contributed by atoms with Crippen molar-refractivity contribution in [3.8, 4) is 5.95 Å². The topological polar surface area (TPSA) is 76.4 Å². The highest BCUT2D eigenvalue weighted by Crippen LogP contribution is 2.11. The molecule has 1 aromatic rings. The summed E-state index contributed by atoms with van der Waals surface area (Å²) >= 11 is 0. The molecule has 0 aromatic carbocycles. The van der Waals surface area contributed by atoms with E-state index in [2.05, 4.69) is 29.6 Å². The summed E-state index contributed by atoms with van der Waals surface area (Å²) < 4.78 is 9.56. The van der Waals surface area contributed by atoms with Gasteiger partial charge in [0, 0.05) is 12.1 Å². The third-order valence-corrected chi connectivity index (χ3v) is 2.63. The van der Waals surface area contributed by atoms with E-state index < -0.39 is 0 Å². The van der Waals surface area contributed by atoms with Crippen molar-refractivity contribution in [1.82, 2.24) is 15.8 Å². The molecular formula is C11H19N3O3. The van der Waals surface area contributed by atoms with Gasteiger partial charge in [0.25, 0.3) is 5.91 Å². The second kappa shape index (κ2) is 5.67. The van der Waals surface area contributed by atoms with Crippen molar-refractivity contribution in [2.75, 3.05) is 20.7 Å². The molecule has 0 saturated heterocycles. The van der Waals surface area contributed by atoms with Crippen LogP contribution in [0.3, 0.4) is 0 Å². The van der Waals surface area contributed by atoms with E-state index >= 15 is 0 Å². The molecule has 96 valence electrons. The molecule has 1 aromatic heterocycles. The summed E-state index contributed by atoms with van der Waals surface area (Å²) in [6, 6.07) is 1.46. The number of hydrogen-bond donors (Lipinski definition) is 2. The van der Waals surface area contributed by atoms with Gasteiger partial charge < -0.3 is 19.9 Å². The lowest BCUT2D eigenvalue weighted by Gasteiger charge is -2.23. The lowest BCUT2D eigenvalue weighted by Crippen LogP contribution is -2.40. The summed E-state index contributed by atoms with van der Waals surface area (Å²) in [7, 11) is 3.35. The van der Waals surface area contributed by atoms with Crippen molar-refractivity contribution >= 4 is 5.91 Å². The SMILES string of the molecule is CNC(C)(C)CCNC(=O)c1cc(OC)on1. The first-order valence-electron chi connectivity index (χ1n) is 5.46. The Bertz CT molecular complexity index is 374. The van der Waals surface area contributed by atoms with Crippen LogP contribution >= 0.6 is 0 Å². The van der Waals surface area contributed by atoms with Gasteiger partial charge in [0.15, 0.2) is 5.69 Å². The Morgan fingerprint density at radius 1 is 1.59 bits per heavy atom. The molecule has 0 atom stereocenters. The maximum Gasteiger partial charge on any atom is 0.311 e. The van der Waals surface area contributed by atoms with Crippen LogP contribution in [0.5, 0.6) is 5.95 Å². The van der Waals surface area contributed by atoms with Crippen LogP contribution in [-0.4, -0.2) is 37.3 Å². The van der Waals surface area contributed by atoms with Crippen molar-refractivity contribution < 1.29 is 14.1 Å². The Morgan fingerprint density at radius 2 is 2.29 bits per heavy atom. The van der Waals surface area contributed by atoms with Gasteiger partial charge in [0.05, 0.1) is 13.2 Å². The lowest BCUT2D eigenvalue weighted by atomic mass is 10.0. The van der Waals surface area contributed by atoms with E-state index in [0.717, 1.165) is 6.42 Å². The summed E-state index contributed by atoms with van der Waals surface area (Å²) in [5, 5.41) is 9.53. The number of nitrogens with zero attached hydrogens (tertiary/aromatic N) is 1. The fraction of sp³-hybridized carbons (Fsp3) is 0.636. The van der Waals surface area contributed by atoms with E-state index in [-0.39, 0.29) is 23.1 Å². The summed E-state index contributed by atoms with van der Waals surface area (Å²) in [6.45, 7) is 4.71. The molecule has 1 heterocycles. The van der Waals surface area contributed by atoms with Crippen LogP contribution in [0, 0.1) is 0 Å². The number of aromatic nitrogens is 1. The van der Waals surface area contributed by atoms with Gasteiger partial charge >= 0.3 is 5.95 Å². The molecule has 0 aliphatic heterocycles. The maximum atomic E-state index is 11.6. The van der Waals surface area contributed by atoms with Gasteiger partial charge in [-0.15, -0.1) is 0 Å². The average Bonchev–Trinajstić information content (AvgIpc) is 2.77. The quantitative estimate of drug-likeness (QED) is 0.770. The monoisotopic (exact) mass is 241 g/mol. The molecule has 0 spiro atoms. The number of ether oxygens (including phenoxy) is 1. The van der Waals surface area contributed by atoms with Gasteiger partial charge in [-0.25, -0.2) is 0 Å². The molecule has 2 N–H and O–H groups in total. The zero-order chi connectivity index (χ0) is 12.9. The Kier molecular flexibility index (Phi) is 4.51. The first-order chi connectivity index (χ1) is 7.98. The van der Waals surface area contributed by atoms with Crippen LogP contribution in [0.15, 0.2) is 10.6 Å². The molecule has 0 bridgehead atoms. The molecule has 0 unspecified atom stereocenters. The predicted molar refractivity (Wildman–Crippen MR) is 63.1 cm³/mol. The normalized spacial score (nSPS) is 11.3. The van der Waals surface area contributed by atoms with E-state index in [1.807, 2.05) is 7.05 Å². The van der Waals surface area contributed by atoms with Crippen molar-refractivity contribution in [2.45, 2.75) is 25.8 Å². The molecule has 0 aliphatic carbocycles. The summed E-state index contributed by atoms with van der Waals surface area (Å²) in [5.41, 5.74) is 0.221. The van der Waals surface area contributed by atoms with E-state index in [1.54, 1.807) is 0 Å². The van der Waals surface area contributed by atoms with Gasteiger partial charge in [-0.2, -0.15) is 0 Å². The number of amides is 1. The van der Waals surface area contributed by atoms with E-state index in [9.17, 15) is 4.79 Å². The van der Waals surface area contributed by atoms with Crippen molar-refractivity contribution in [3.63, 3.8) is 0 Å². The van der Waals surface area contributed by atoms with E-state index in [1.165, 1.54) is 13.2 Å². The Balaban J connectivity index is 2.40. The summed E-state index contributed by atoms with van der Waals surface area (Å²) in [5.74, 6) is -0.0327. The van der Waals surface area contributed by atoms with Crippen molar-refractivity contribution in [3.05, 3.63) is 11.8 Å². The number of rotatable bonds is 6. The summed E-state index contributed by atoms with van der Waals surface area (Å²) in [4.78, 5) is 11.6. The smallest absolute Gasteiger partial charge is 0.311 e. The van der Waals surface area contributed by atoms with Gasteiger partial charge in [-0.1, -0.05) is 5.16 Å². The largest absolute Gasteiger partial charge is 0.467 e. The minimum Gasteiger partial charge on any atom is -0.467 e. The van der Waals surface area contributed by atoms with Crippen LogP contribution in [0.1, 0.15) is 30.8 Å². The molecule has 0 saturated carbocycles.